The number of piperidine rings is 1. The summed E-state index contributed by atoms with van der Waals surface area (Å²) in [6.45, 7) is 2.04. The number of benzene rings is 1. The number of aromatic hydroxyl groups is 1. The topological polar surface area (TPSA) is 84.3 Å². The molecule has 4 N–H and O–H groups in total. The van der Waals surface area contributed by atoms with Gasteiger partial charge in [-0.25, -0.2) is 5.53 Å². The van der Waals surface area contributed by atoms with E-state index in [1.807, 2.05) is 12.1 Å². The van der Waals surface area contributed by atoms with Crippen LogP contribution < -0.4 is 5.32 Å². The predicted octanol–water partition coefficient (Wildman–Crippen LogP) is 3.00. The zero-order valence-corrected chi connectivity index (χ0v) is 10.0. The molecular formula is C13H16N4O. The highest BCUT2D eigenvalue weighted by Crippen LogP contribution is 2.41. The van der Waals surface area contributed by atoms with Crippen LogP contribution in [0.15, 0.2) is 23.3 Å². The van der Waals surface area contributed by atoms with Crippen LogP contribution in [-0.4, -0.2) is 23.2 Å². The molecule has 2 heterocycles. The second kappa shape index (κ2) is 4.42. The Hall–Kier alpha value is -1.88. The van der Waals surface area contributed by atoms with E-state index in [-0.39, 0.29) is 5.88 Å². The van der Waals surface area contributed by atoms with Gasteiger partial charge >= 0.3 is 0 Å². The molecule has 0 spiro atoms. The van der Waals surface area contributed by atoms with Crippen molar-refractivity contribution < 1.29 is 5.11 Å². The summed E-state index contributed by atoms with van der Waals surface area (Å²) in [6, 6.07) is 5.98. The SMILES string of the molecule is N=Nc1c(O)[nH]c2cccc(C3CCNCC3)c12. The van der Waals surface area contributed by atoms with Crippen LogP contribution in [0.5, 0.6) is 5.88 Å². The molecule has 3 rings (SSSR count). The highest BCUT2D eigenvalue weighted by molar-refractivity contribution is 5.97. The Bertz CT molecular complexity index is 584. The van der Waals surface area contributed by atoms with E-state index in [9.17, 15) is 5.11 Å². The van der Waals surface area contributed by atoms with Crippen molar-refractivity contribution in [3.63, 3.8) is 0 Å². The normalized spacial score (nSPS) is 17.1. The van der Waals surface area contributed by atoms with Gasteiger partial charge in [-0.1, -0.05) is 12.1 Å². The zero-order chi connectivity index (χ0) is 12.5. The molecule has 94 valence electrons. The lowest BCUT2D eigenvalue weighted by atomic mass is 9.88. The third-order valence-corrected chi connectivity index (χ3v) is 3.70. The Morgan fingerprint density at radius 2 is 2.06 bits per heavy atom. The van der Waals surface area contributed by atoms with Crippen LogP contribution in [0.3, 0.4) is 0 Å². The highest BCUT2D eigenvalue weighted by Gasteiger charge is 2.21. The van der Waals surface area contributed by atoms with E-state index in [0.29, 0.717) is 11.6 Å². The summed E-state index contributed by atoms with van der Waals surface area (Å²) in [5.41, 5.74) is 9.63. The molecule has 1 aliphatic rings. The average Bonchev–Trinajstić information content (AvgIpc) is 2.74. The van der Waals surface area contributed by atoms with Gasteiger partial charge in [0.1, 0.15) is 0 Å². The molecule has 0 bridgehead atoms. The molecule has 2 aromatic rings. The molecule has 0 saturated carbocycles. The lowest BCUT2D eigenvalue weighted by Crippen LogP contribution is -2.26. The fraction of sp³-hybridized carbons (Fsp3) is 0.385. The maximum atomic E-state index is 9.78. The Morgan fingerprint density at radius 1 is 1.28 bits per heavy atom. The predicted molar refractivity (Wildman–Crippen MR) is 69.6 cm³/mol. The van der Waals surface area contributed by atoms with Crippen molar-refractivity contribution >= 4 is 16.6 Å². The second-order valence-electron chi connectivity index (χ2n) is 4.73. The van der Waals surface area contributed by atoms with Gasteiger partial charge < -0.3 is 15.4 Å². The quantitative estimate of drug-likeness (QED) is 0.612. The van der Waals surface area contributed by atoms with E-state index in [4.69, 9.17) is 5.53 Å². The molecule has 0 atom stereocenters. The van der Waals surface area contributed by atoms with Gasteiger partial charge in [0.2, 0.25) is 5.88 Å². The van der Waals surface area contributed by atoms with Crippen molar-refractivity contribution in [3.8, 4) is 5.88 Å². The van der Waals surface area contributed by atoms with Crippen LogP contribution in [0.25, 0.3) is 10.9 Å². The molecule has 1 fully saturated rings. The molecule has 1 saturated heterocycles. The van der Waals surface area contributed by atoms with Crippen LogP contribution in [0, 0.1) is 5.53 Å². The monoisotopic (exact) mass is 244 g/mol. The largest absolute Gasteiger partial charge is 0.493 e. The summed E-state index contributed by atoms with van der Waals surface area (Å²) in [5, 5.41) is 17.5. The summed E-state index contributed by atoms with van der Waals surface area (Å²) in [7, 11) is 0. The third-order valence-electron chi connectivity index (χ3n) is 3.70. The molecule has 0 unspecified atom stereocenters. The number of aromatic amines is 1. The van der Waals surface area contributed by atoms with Crippen molar-refractivity contribution in [2.24, 2.45) is 5.11 Å². The summed E-state index contributed by atoms with van der Waals surface area (Å²) in [5.74, 6) is 0.465. The first kappa shape index (κ1) is 11.2. The standard InChI is InChI=1S/C13H16N4O/c14-17-12-11-9(8-4-6-15-7-5-8)2-1-3-10(11)16-13(12)18/h1-3,8,14-16,18H,4-7H2. The van der Waals surface area contributed by atoms with Crippen molar-refractivity contribution in [2.75, 3.05) is 13.1 Å². The first-order valence-electron chi connectivity index (χ1n) is 6.23. The van der Waals surface area contributed by atoms with Crippen LogP contribution in [0.4, 0.5) is 5.69 Å². The van der Waals surface area contributed by atoms with E-state index >= 15 is 0 Å². The molecule has 1 aliphatic heterocycles. The molecule has 0 radical (unpaired) electrons. The number of nitrogens with one attached hydrogen (secondary N) is 3. The van der Waals surface area contributed by atoms with Crippen LogP contribution >= 0.6 is 0 Å². The van der Waals surface area contributed by atoms with Crippen molar-refractivity contribution in [3.05, 3.63) is 23.8 Å². The Morgan fingerprint density at radius 3 is 2.78 bits per heavy atom. The van der Waals surface area contributed by atoms with E-state index in [2.05, 4.69) is 21.5 Å². The Labute approximate surface area is 105 Å². The smallest absolute Gasteiger partial charge is 0.218 e. The van der Waals surface area contributed by atoms with Gasteiger partial charge in [0.15, 0.2) is 5.69 Å². The van der Waals surface area contributed by atoms with Gasteiger partial charge in [-0.15, -0.1) is 0 Å². The lowest BCUT2D eigenvalue weighted by molar-refractivity contribution is 0.458. The minimum absolute atomic E-state index is 0.0126. The molecule has 0 aliphatic carbocycles. The number of nitrogens with zero attached hydrogens (tertiary/aromatic N) is 1. The number of H-pyrrole nitrogens is 1. The molecule has 1 aromatic heterocycles. The van der Waals surface area contributed by atoms with E-state index in [1.54, 1.807) is 0 Å². The van der Waals surface area contributed by atoms with Crippen molar-refractivity contribution in [2.45, 2.75) is 18.8 Å². The molecule has 0 amide bonds. The molecule has 5 nitrogen and oxygen atoms in total. The van der Waals surface area contributed by atoms with Gasteiger partial charge in [0.05, 0.1) is 5.52 Å². The van der Waals surface area contributed by atoms with E-state index < -0.39 is 0 Å². The number of aromatic nitrogens is 1. The Balaban J connectivity index is 2.18. The Kier molecular flexibility index (Phi) is 2.76. The van der Waals surface area contributed by atoms with Crippen LogP contribution in [0.2, 0.25) is 0 Å². The lowest BCUT2D eigenvalue weighted by Gasteiger charge is -2.23. The molecule has 5 heteroatoms. The zero-order valence-electron chi connectivity index (χ0n) is 10.0. The van der Waals surface area contributed by atoms with Gasteiger partial charge in [-0.3, -0.25) is 0 Å². The van der Waals surface area contributed by atoms with Crippen LogP contribution in [-0.2, 0) is 0 Å². The van der Waals surface area contributed by atoms with E-state index in [0.717, 1.165) is 36.8 Å². The van der Waals surface area contributed by atoms with Crippen molar-refractivity contribution in [1.29, 1.82) is 5.53 Å². The molecule has 1 aromatic carbocycles. The average molecular weight is 244 g/mol. The fourth-order valence-electron chi connectivity index (χ4n) is 2.83. The maximum Gasteiger partial charge on any atom is 0.218 e. The van der Waals surface area contributed by atoms with Gasteiger partial charge in [-0.05, 0) is 43.5 Å². The number of fused-ring (bicyclic) bond motifs is 1. The summed E-state index contributed by atoms with van der Waals surface area (Å²) in [4.78, 5) is 2.88. The summed E-state index contributed by atoms with van der Waals surface area (Å²) in [6.07, 6.45) is 2.17. The van der Waals surface area contributed by atoms with Crippen LogP contribution in [0.1, 0.15) is 24.3 Å². The van der Waals surface area contributed by atoms with Gasteiger partial charge in [-0.2, -0.15) is 5.11 Å². The minimum atomic E-state index is -0.0126. The van der Waals surface area contributed by atoms with Gasteiger partial charge in [0, 0.05) is 5.39 Å². The number of hydrogen-bond donors (Lipinski definition) is 4. The summed E-state index contributed by atoms with van der Waals surface area (Å²) >= 11 is 0. The second-order valence-corrected chi connectivity index (χ2v) is 4.73. The minimum Gasteiger partial charge on any atom is -0.493 e. The van der Waals surface area contributed by atoms with Crippen molar-refractivity contribution in [1.82, 2.24) is 10.3 Å². The molecule has 18 heavy (non-hydrogen) atoms. The number of hydrogen-bond acceptors (Lipinski definition) is 4. The summed E-state index contributed by atoms with van der Waals surface area (Å²) < 4.78 is 0. The van der Waals surface area contributed by atoms with Gasteiger partial charge in [0.25, 0.3) is 0 Å². The highest BCUT2D eigenvalue weighted by atomic mass is 16.3. The maximum absolute atomic E-state index is 9.78. The van der Waals surface area contributed by atoms with E-state index in [1.165, 1.54) is 5.56 Å². The fourth-order valence-corrected chi connectivity index (χ4v) is 2.83. The third kappa shape index (κ3) is 1.67. The number of rotatable bonds is 2. The molecular weight excluding hydrogens is 228 g/mol. The first-order valence-corrected chi connectivity index (χ1v) is 6.23. The first-order chi connectivity index (χ1) is 8.81.